The lowest BCUT2D eigenvalue weighted by molar-refractivity contribution is -0.117. The molecule has 2 aromatic heterocycles. The summed E-state index contributed by atoms with van der Waals surface area (Å²) in [6.07, 6.45) is 7.43. The Morgan fingerprint density at radius 1 is 1.31 bits per heavy atom. The minimum atomic E-state index is -0.356. The minimum Gasteiger partial charge on any atom is -0.349 e. The van der Waals surface area contributed by atoms with E-state index in [2.05, 4.69) is 20.7 Å². The molecule has 1 fully saturated rings. The van der Waals surface area contributed by atoms with Gasteiger partial charge in [0.2, 0.25) is 0 Å². The number of aliphatic imine (C=N–C) groups is 1. The number of nitrogens with one attached hydrogen (secondary N) is 2. The van der Waals surface area contributed by atoms with Gasteiger partial charge in [0.25, 0.3) is 5.91 Å². The fraction of sp³-hybridized carbons (Fsp3) is 0.238. The van der Waals surface area contributed by atoms with Crippen LogP contribution in [0.25, 0.3) is 11.4 Å². The average molecular weight is 390 g/mol. The van der Waals surface area contributed by atoms with Crippen molar-refractivity contribution in [1.82, 2.24) is 25.7 Å². The second-order valence-electron chi connectivity index (χ2n) is 7.23. The summed E-state index contributed by atoms with van der Waals surface area (Å²) in [5.74, 6) is 0.141. The lowest BCUT2D eigenvalue weighted by Gasteiger charge is -2.20. The molecule has 0 bridgehead atoms. The zero-order valence-corrected chi connectivity index (χ0v) is 15.8. The van der Waals surface area contributed by atoms with Gasteiger partial charge in [0.1, 0.15) is 5.82 Å². The number of pyridine rings is 2. The van der Waals surface area contributed by atoms with Gasteiger partial charge in [-0.2, -0.15) is 0 Å². The first-order valence-corrected chi connectivity index (χ1v) is 9.53. The summed E-state index contributed by atoms with van der Waals surface area (Å²) in [7, 11) is 0. The number of hydrogen-bond donors (Lipinski definition) is 2. The van der Waals surface area contributed by atoms with Crippen molar-refractivity contribution in [3.05, 3.63) is 71.2 Å². The highest BCUT2D eigenvalue weighted by atomic mass is 19.1. The van der Waals surface area contributed by atoms with Gasteiger partial charge in [-0.25, -0.2) is 19.8 Å². The Balaban J connectivity index is 1.55. The molecular weight excluding hydrogens is 371 g/mol. The van der Waals surface area contributed by atoms with E-state index in [-0.39, 0.29) is 17.8 Å². The molecule has 146 valence electrons. The Bertz CT molecular complexity index is 1100. The van der Waals surface area contributed by atoms with E-state index in [1.165, 1.54) is 6.07 Å². The Morgan fingerprint density at radius 3 is 2.97 bits per heavy atom. The summed E-state index contributed by atoms with van der Waals surface area (Å²) in [5.41, 5.74) is 6.70. The highest BCUT2D eigenvalue weighted by molar-refractivity contribution is 6.13. The quantitative estimate of drug-likeness (QED) is 0.837. The van der Waals surface area contributed by atoms with Crippen LogP contribution < -0.4 is 10.7 Å². The Labute approximate surface area is 167 Å². The fourth-order valence-corrected chi connectivity index (χ4v) is 3.33. The average Bonchev–Trinajstić information content (AvgIpc) is 3.45. The summed E-state index contributed by atoms with van der Waals surface area (Å²) in [6, 6.07) is 7.00. The first-order chi connectivity index (χ1) is 14.1. The van der Waals surface area contributed by atoms with E-state index in [4.69, 9.17) is 4.99 Å². The fourth-order valence-electron chi connectivity index (χ4n) is 3.33. The molecule has 0 saturated heterocycles. The highest BCUT2D eigenvalue weighted by Gasteiger charge is 2.31. The third-order valence-corrected chi connectivity index (χ3v) is 5.07. The van der Waals surface area contributed by atoms with Crippen LogP contribution in [0.1, 0.15) is 24.1 Å². The summed E-state index contributed by atoms with van der Waals surface area (Å²) in [5, 5.41) is 4.77. The molecule has 5 rings (SSSR count). The van der Waals surface area contributed by atoms with Gasteiger partial charge in [-0.15, -0.1) is 0 Å². The van der Waals surface area contributed by atoms with E-state index in [9.17, 15) is 9.18 Å². The molecule has 3 aliphatic rings. The van der Waals surface area contributed by atoms with Crippen molar-refractivity contribution < 1.29 is 9.18 Å². The molecule has 0 unspecified atom stereocenters. The molecule has 8 heteroatoms. The normalized spacial score (nSPS) is 18.0. The maximum atomic E-state index is 13.7. The number of aryl methyl sites for hydroxylation is 1. The molecule has 7 nitrogen and oxygen atoms in total. The second-order valence-corrected chi connectivity index (χ2v) is 7.23. The van der Waals surface area contributed by atoms with Gasteiger partial charge in [-0.1, -0.05) is 0 Å². The molecule has 1 saturated carbocycles. The first-order valence-electron chi connectivity index (χ1n) is 9.53. The van der Waals surface area contributed by atoms with Gasteiger partial charge >= 0.3 is 0 Å². The lowest BCUT2D eigenvalue weighted by Crippen LogP contribution is -2.29. The van der Waals surface area contributed by atoms with Crippen LogP contribution >= 0.6 is 0 Å². The maximum Gasteiger partial charge on any atom is 0.252 e. The molecule has 0 atom stereocenters. The number of carbonyl (C=O) groups is 1. The van der Waals surface area contributed by atoms with Crippen molar-refractivity contribution in [3.8, 4) is 11.4 Å². The van der Waals surface area contributed by atoms with Crippen LogP contribution in [0, 0.1) is 12.7 Å². The van der Waals surface area contributed by atoms with E-state index in [0.29, 0.717) is 40.7 Å². The molecule has 2 aliphatic heterocycles. The van der Waals surface area contributed by atoms with Crippen LogP contribution in [-0.4, -0.2) is 39.2 Å². The Kier molecular flexibility index (Phi) is 4.21. The van der Waals surface area contributed by atoms with Crippen LogP contribution in [0.15, 0.2) is 59.1 Å². The number of aromatic nitrogens is 2. The molecule has 0 spiro atoms. The van der Waals surface area contributed by atoms with Crippen molar-refractivity contribution in [2.45, 2.75) is 25.8 Å². The van der Waals surface area contributed by atoms with E-state index in [0.717, 1.165) is 18.4 Å². The standard InChI is InChI=1S/C21H19FN6O/c1-12-16(22)6-7-18(25-12)19-14(3-2-9-23-19)17-8-10-28-20(27-17)15(11-24-28)21(29)26-13-4-5-13/h2-3,6-10,13,24H,4-5,11H2,1H3,(H,26,29). The minimum absolute atomic E-state index is 0.0851. The third kappa shape index (κ3) is 3.31. The zero-order chi connectivity index (χ0) is 20.0. The van der Waals surface area contributed by atoms with Gasteiger partial charge in [0, 0.05) is 30.5 Å². The smallest absolute Gasteiger partial charge is 0.252 e. The van der Waals surface area contributed by atoms with Crippen molar-refractivity contribution in [2.75, 3.05) is 6.54 Å². The van der Waals surface area contributed by atoms with E-state index >= 15 is 0 Å². The van der Waals surface area contributed by atoms with Gasteiger partial charge in [-0.05, 0) is 50.1 Å². The van der Waals surface area contributed by atoms with E-state index in [1.54, 1.807) is 24.2 Å². The summed E-state index contributed by atoms with van der Waals surface area (Å²) in [6.45, 7) is 2.05. The molecule has 4 heterocycles. The molecule has 2 N–H and O–H groups in total. The van der Waals surface area contributed by atoms with Crippen LogP contribution in [0.5, 0.6) is 0 Å². The van der Waals surface area contributed by atoms with Gasteiger partial charge in [0.15, 0.2) is 5.82 Å². The number of rotatable bonds is 4. The number of fused-ring (bicyclic) bond motifs is 1. The zero-order valence-electron chi connectivity index (χ0n) is 15.8. The van der Waals surface area contributed by atoms with Gasteiger partial charge < -0.3 is 5.32 Å². The molecule has 1 amide bonds. The number of halogens is 1. The number of nitrogens with zero attached hydrogens (tertiary/aromatic N) is 4. The van der Waals surface area contributed by atoms with Crippen molar-refractivity contribution in [3.63, 3.8) is 0 Å². The largest absolute Gasteiger partial charge is 0.349 e. The number of amides is 1. The number of carbonyl (C=O) groups excluding carboxylic acids is 1. The maximum absolute atomic E-state index is 13.7. The molecular formula is C21H19FN6O. The Morgan fingerprint density at radius 2 is 2.17 bits per heavy atom. The molecule has 1 aliphatic carbocycles. The van der Waals surface area contributed by atoms with Crippen LogP contribution in [0.4, 0.5) is 4.39 Å². The van der Waals surface area contributed by atoms with Gasteiger partial charge in [-0.3, -0.25) is 14.8 Å². The SMILES string of the molecule is Cc1nc(-c2ncccc2C2=NC3=C(C(=O)NC4CC4)CNN3C=C2)ccc1F. The highest BCUT2D eigenvalue weighted by Crippen LogP contribution is 2.27. The predicted molar refractivity (Wildman–Crippen MR) is 106 cm³/mol. The number of hydrogen-bond acceptors (Lipinski definition) is 6. The van der Waals surface area contributed by atoms with Crippen LogP contribution in [0.3, 0.4) is 0 Å². The van der Waals surface area contributed by atoms with E-state index < -0.39 is 0 Å². The van der Waals surface area contributed by atoms with Gasteiger partial charge in [0.05, 0.1) is 28.4 Å². The van der Waals surface area contributed by atoms with Crippen molar-refractivity contribution in [2.24, 2.45) is 4.99 Å². The summed E-state index contributed by atoms with van der Waals surface area (Å²) < 4.78 is 13.7. The molecule has 29 heavy (non-hydrogen) atoms. The van der Waals surface area contributed by atoms with Crippen LogP contribution in [0.2, 0.25) is 0 Å². The topological polar surface area (TPSA) is 82.5 Å². The first kappa shape index (κ1) is 17.7. The summed E-state index contributed by atoms with van der Waals surface area (Å²) in [4.78, 5) is 26.1. The third-order valence-electron chi connectivity index (χ3n) is 5.07. The molecule has 0 aromatic carbocycles. The number of hydrazine groups is 1. The Hall–Kier alpha value is -3.39. The molecule has 2 aromatic rings. The monoisotopic (exact) mass is 390 g/mol. The van der Waals surface area contributed by atoms with Crippen molar-refractivity contribution in [1.29, 1.82) is 0 Å². The van der Waals surface area contributed by atoms with Crippen LogP contribution in [-0.2, 0) is 4.79 Å². The molecule has 0 radical (unpaired) electrons. The lowest BCUT2D eigenvalue weighted by atomic mass is 10.0. The predicted octanol–water partition coefficient (Wildman–Crippen LogP) is 2.22. The second kappa shape index (κ2) is 6.89. The number of allylic oxidation sites excluding steroid dienone is 1. The van der Waals surface area contributed by atoms with Crippen molar-refractivity contribution >= 4 is 11.6 Å². The summed E-state index contributed by atoms with van der Waals surface area (Å²) >= 11 is 0. The van der Waals surface area contributed by atoms with E-state index in [1.807, 2.05) is 24.4 Å².